The van der Waals surface area contributed by atoms with Gasteiger partial charge in [-0.2, -0.15) is 0 Å². The van der Waals surface area contributed by atoms with Gasteiger partial charge >= 0.3 is 0 Å². The molecule has 0 saturated heterocycles. The summed E-state index contributed by atoms with van der Waals surface area (Å²) < 4.78 is 5.63. The predicted octanol–water partition coefficient (Wildman–Crippen LogP) is 3.71. The number of unbranched alkanes of at least 4 members (excludes halogenated alkanes) is 2. The summed E-state index contributed by atoms with van der Waals surface area (Å²) in [6.45, 7) is 5.86. The van der Waals surface area contributed by atoms with E-state index < -0.39 is 0 Å². The average molecular weight is 315 g/mol. The van der Waals surface area contributed by atoms with Crippen LogP contribution in [0.4, 0.5) is 0 Å². The highest BCUT2D eigenvalue weighted by Gasteiger charge is 2.17. The lowest BCUT2D eigenvalue weighted by Crippen LogP contribution is -2.34. The number of hydrogen-bond acceptors (Lipinski definition) is 4. The van der Waals surface area contributed by atoms with Crippen molar-refractivity contribution in [3.05, 3.63) is 36.2 Å². The summed E-state index contributed by atoms with van der Waals surface area (Å²) >= 11 is 0. The van der Waals surface area contributed by atoms with Crippen LogP contribution in [0.5, 0.6) is 0 Å². The van der Waals surface area contributed by atoms with Gasteiger partial charge in [0.1, 0.15) is 6.42 Å². The maximum atomic E-state index is 12.5. The number of amides is 1. The molecule has 1 aromatic carbocycles. The van der Waals surface area contributed by atoms with Crippen LogP contribution >= 0.6 is 0 Å². The molecule has 0 radical (unpaired) electrons. The maximum Gasteiger partial charge on any atom is 0.247 e. The smallest absolute Gasteiger partial charge is 0.247 e. The van der Waals surface area contributed by atoms with Crippen molar-refractivity contribution < 1.29 is 9.21 Å². The Bertz CT molecular complexity index is 587. The summed E-state index contributed by atoms with van der Waals surface area (Å²) in [4.78, 5) is 14.4. The van der Waals surface area contributed by atoms with Gasteiger partial charge in [0.15, 0.2) is 0 Å². The Hall–Kier alpha value is -2.17. The highest BCUT2D eigenvalue weighted by atomic mass is 16.4. The SMILES string of the molecule is CCCCN(CCCC)C(=O)Cc1nnc(-c2ccccc2)o1. The van der Waals surface area contributed by atoms with Crippen molar-refractivity contribution in [1.82, 2.24) is 15.1 Å². The quantitative estimate of drug-likeness (QED) is 0.708. The first-order valence-electron chi connectivity index (χ1n) is 8.40. The van der Waals surface area contributed by atoms with E-state index in [1.54, 1.807) is 0 Å². The molecule has 1 aromatic heterocycles. The second-order valence-electron chi connectivity index (χ2n) is 5.63. The molecule has 0 atom stereocenters. The van der Waals surface area contributed by atoms with Crippen LogP contribution in [0.1, 0.15) is 45.4 Å². The molecule has 124 valence electrons. The lowest BCUT2D eigenvalue weighted by atomic mass is 10.2. The van der Waals surface area contributed by atoms with Crippen LogP contribution in [0, 0.1) is 0 Å². The third-order valence-corrected chi connectivity index (χ3v) is 3.71. The summed E-state index contributed by atoms with van der Waals surface area (Å²) in [7, 11) is 0. The van der Waals surface area contributed by atoms with E-state index in [2.05, 4.69) is 24.0 Å². The topological polar surface area (TPSA) is 59.2 Å². The minimum absolute atomic E-state index is 0.0650. The van der Waals surface area contributed by atoms with Crippen molar-refractivity contribution in [3.63, 3.8) is 0 Å². The van der Waals surface area contributed by atoms with Crippen LogP contribution in [-0.4, -0.2) is 34.1 Å². The minimum Gasteiger partial charge on any atom is -0.420 e. The second-order valence-corrected chi connectivity index (χ2v) is 5.63. The number of nitrogens with zero attached hydrogens (tertiary/aromatic N) is 3. The zero-order valence-electron chi connectivity index (χ0n) is 14.0. The van der Waals surface area contributed by atoms with Gasteiger partial charge in [0.05, 0.1) is 0 Å². The summed E-state index contributed by atoms with van der Waals surface area (Å²) in [5.41, 5.74) is 0.868. The first-order valence-corrected chi connectivity index (χ1v) is 8.40. The zero-order chi connectivity index (χ0) is 16.5. The van der Waals surface area contributed by atoms with Gasteiger partial charge in [-0.3, -0.25) is 4.79 Å². The molecule has 0 N–H and O–H groups in total. The summed E-state index contributed by atoms with van der Waals surface area (Å²) in [6.07, 6.45) is 4.37. The molecule has 23 heavy (non-hydrogen) atoms. The maximum absolute atomic E-state index is 12.5. The van der Waals surface area contributed by atoms with Gasteiger partial charge in [0, 0.05) is 18.7 Å². The minimum atomic E-state index is 0.0650. The van der Waals surface area contributed by atoms with Crippen molar-refractivity contribution in [3.8, 4) is 11.5 Å². The third kappa shape index (κ3) is 5.20. The van der Waals surface area contributed by atoms with E-state index in [0.717, 1.165) is 44.3 Å². The van der Waals surface area contributed by atoms with E-state index in [9.17, 15) is 4.79 Å². The van der Waals surface area contributed by atoms with E-state index in [4.69, 9.17) is 4.42 Å². The first kappa shape index (κ1) is 17.2. The largest absolute Gasteiger partial charge is 0.420 e. The van der Waals surface area contributed by atoms with E-state index in [0.29, 0.717) is 11.8 Å². The monoisotopic (exact) mass is 315 g/mol. The van der Waals surface area contributed by atoms with E-state index in [-0.39, 0.29) is 12.3 Å². The molecule has 0 fully saturated rings. The summed E-state index contributed by atoms with van der Waals surface area (Å²) in [5.74, 6) is 0.907. The molecule has 5 nitrogen and oxygen atoms in total. The van der Waals surface area contributed by atoms with E-state index >= 15 is 0 Å². The molecule has 0 aliphatic carbocycles. The van der Waals surface area contributed by atoms with Crippen LogP contribution in [-0.2, 0) is 11.2 Å². The number of carbonyl (C=O) groups is 1. The van der Waals surface area contributed by atoms with Crippen LogP contribution in [0.3, 0.4) is 0 Å². The second kappa shape index (κ2) is 9.08. The van der Waals surface area contributed by atoms with Gasteiger partial charge in [-0.05, 0) is 25.0 Å². The highest BCUT2D eigenvalue weighted by Crippen LogP contribution is 2.17. The molecule has 1 heterocycles. The number of carbonyl (C=O) groups excluding carboxylic acids is 1. The van der Waals surface area contributed by atoms with Crippen molar-refractivity contribution in [2.45, 2.75) is 46.0 Å². The van der Waals surface area contributed by atoms with Gasteiger partial charge < -0.3 is 9.32 Å². The molecular weight excluding hydrogens is 290 g/mol. The Morgan fingerprint density at radius 3 is 2.30 bits per heavy atom. The molecule has 0 bridgehead atoms. The lowest BCUT2D eigenvalue weighted by Gasteiger charge is -2.21. The zero-order valence-corrected chi connectivity index (χ0v) is 14.0. The van der Waals surface area contributed by atoms with Gasteiger partial charge in [-0.15, -0.1) is 10.2 Å². The molecule has 2 aromatic rings. The van der Waals surface area contributed by atoms with Crippen molar-refractivity contribution in [2.24, 2.45) is 0 Å². The number of rotatable bonds is 9. The fourth-order valence-electron chi connectivity index (χ4n) is 2.32. The van der Waals surface area contributed by atoms with Crippen molar-refractivity contribution in [1.29, 1.82) is 0 Å². The molecule has 2 rings (SSSR count). The van der Waals surface area contributed by atoms with E-state index in [1.807, 2.05) is 35.2 Å². The average Bonchev–Trinajstić information content (AvgIpc) is 3.04. The van der Waals surface area contributed by atoms with Crippen LogP contribution in [0.25, 0.3) is 11.5 Å². The van der Waals surface area contributed by atoms with Crippen molar-refractivity contribution >= 4 is 5.91 Å². The molecule has 0 saturated carbocycles. The highest BCUT2D eigenvalue weighted by molar-refractivity contribution is 5.77. The lowest BCUT2D eigenvalue weighted by molar-refractivity contribution is -0.131. The third-order valence-electron chi connectivity index (χ3n) is 3.71. The Kier molecular flexibility index (Phi) is 6.78. The fourth-order valence-corrected chi connectivity index (χ4v) is 2.32. The van der Waals surface area contributed by atoms with Crippen LogP contribution < -0.4 is 0 Å². The summed E-state index contributed by atoms with van der Waals surface area (Å²) in [5, 5.41) is 8.05. The molecule has 0 aliphatic heterocycles. The normalized spacial score (nSPS) is 10.7. The van der Waals surface area contributed by atoms with E-state index in [1.165, 1.54) is 0 Å². The van der Waals surface area contributed by atoms with Gasteiger partial charge in [-0.1, -0.05) is 44.9 Å². The standard InChI is InChI=1S/C18H25N3O2/c1-3-5-12-21(13-6-4-2)17(22)14-16-19-20-18(23-16)15-10-8-7-9-11-15/h7-11H,3-6,12-14H2,1-2H3. The number of benzene rings is 1. The van der Waals surface area contributed by atoms with Crippen LogP contribution in [0.15, 0.2) is 34.7 Å². The van der Waals surface area contributed by atoms with Gasteiger partial charge in [0.25, 0.3) is 0 Å². The number of hydrogen-bond donors (Lipinski definition) is 0. The first-order chi connectivity index (χ1) is 11.2. The van der Waals surface area contributed by atoms with Gasteiger partial charge in [-0.25, -0.2) is 0 Å². The number of aromatic nitrogens is 2. The van der Waals surface area contributed by atoms with Gasteiger partial charge in [0.2, 0.25) is 17.7 Å². The fraction of sp³-hybridized carbons (Fsp3) is 0.500. The Morgan fingerprint density at radius 1 is 1.04 bits per heavy atom. The Morgan fingerprint density at radius 2 is 1.70 bits per heavy atom. The van der Waals surface area contributed by atoms with Crippen LogP contribution in [0.2, 0.25) is 0 Å². The summed E-state index contributed by atoms with van der Waals surface area (Å²) in [6, 6.07) is 9.59. The molecule has 0 aliphatic rings. The molecule has 5 heteroatoms. The van der Waals surface area contributed by atoms with Crippen molar-refractivity contribution in [2.75, 3.05) is 13.1 Å². The molecule has 1 amide bonds. The Labute approximate surface area is 137 Å². The molecular formula is C18H25N3O2. The predicted molar refractivity (Wildman–Crippen MR) is 89.8 cm³/mol. The molecule has 0 unspecified atom stereocenters. The Balaban J connectivity index is 1.99. The molecule has 0 spiro atoms.